The molecular weight excluding hydrogens is 160 g/mol. The largest absolute Gasteiger partial charge is 0.362 e. The number of nitrogens with zero attached hydrogens (tertiary/aromatic N) is 2. The molecule has 2 aliphatic carbocycles. The number of rotatable bonds is 2. The fraction of sp³-hybridized carbons (Fsp3) is 0.182. The summed E-state index contributed by atoms with van der Waals surface area (Å²) in [5.74, 6) is 0.310. The Morgan fingerprint density at radius 1 is 0.846 bits per heavy atom. The van der Waals surface area contributed by atoms with Gasteiger partial charge in [-0.3, -0.25) is 0 Å². The third kappa shape index (κ3) is 1.44. The fourth-order valence-corrected chi connectivity index (χ4v) is 1.61. The third-order valence-corrected chi connectivity index (χ3v) is 2.29. The van der Waals surface area contributed by atoms with Crippen LogP contribution in [-0.2, 0) is 0 Å². The van der Waals surface area contributed by atoms with Crippen LogP contribution in [0.5, 0.6) is 0 Å². The van der Waals surface area contributed by atoms with E-state index in [1.165, 1.54) is 0 Å². The van der Waals surface area contributed by atoms with Crippen molar-refractivity contribution in [3.05, 3.63) is 54.1 Å². The number of hydrogen-bond acceptors (Lipinski definition) is 0. The zero-order chi connectivity index (χ0) is 9.10. The van der Waals surface area contributed by atoms with Gasteiger partial charge in [0.15, 0.2) is 0 Å². The van der Waals surface area contributed by atoms with Gasteiger partial charge in [-0.15, -0.1) is 0 Å². The molecule has 0 heterocycles. The summed E-state index contributed by atoms with van der Waals surface area (Å²) in [4.78, 5) is 3.36. The van der Waals surface area contributed by atoms with E-state index >= 15 is 0 Å². The van der Waals surface area contributed by atoms with Crippen LogP contribution in [0.1, 0.15) is 0 Å². The second-order valence-corrected chi connectivity index (χ2v) is 3.12. The van der Waals surface area contributed by atoms with Crippen LogP contribution >= 0.6 is 0 Å². The Morgan fingerprint density at radius 2 is 1.23 bits per heavy atom. The van der Waals surface area contributed by atoms with E-state index in [-0.39, 0.29) is 11.8 Å². The first-order chi connectivity index (χ1) is 6.42. The Hall–Kier alpha value is -1.66. The zero-order valence-electron chi connectivity index (χ0n) is 7.17. The van der Waals surface area contributed by atoms with Crippen LogP contribution in [0.4, 0.5) is 0 Å². The lowest BCUT2D eigenvalue weighted by Crippen LogP contribution is -2.17. The average Bonchev–Trinajstić information content (AvgIpc) is 2.76. The summed E-state index contributed by atoms with van der Waals surface area (Å²) in [6.07, 6.45) is 16.0. The van der Waals surface area contributed by atoms with Crippen LogP contribution in [0.2, 0.25) is 0 Å². The van der Waals surface area contributed by atoms with Crippen molar-refractivity contribution in [3.8, 4) is 0 Å². The summed E-state index contributed by atoms with van der Waals surface area (Å²) in [5, 5.41) is 0. The molecule has 0 atom stereocenters. The highest BCUT2D eigenvalue weighted by atomic mass is 14.9. The first-order valence-electron chi connectivity index (χ1n) is 4.33. The lowest BCUT2D eigenvalue weighted by Gasteiger charge is -2.02. The Kier molecular flexibility index (Phi) is 2.07. The van der Waals surface area contributed by atoms with E-state index in [1.54, 1.807) is 0 Å². The van der Waals surface area contributed by atoms with Gasteiger partial charge < -0.3 is 5.53 Å². The highest BCUT2D eigenvalue weighted by Crippen LogP contribution is 2.19. The topological polar surface area (TPSA) is 36.4 Å². The van der Waals surface area contributed by atoms with E-state index < -0.39 is 0 Å². The van der Waals surface area contributed by atoms with E-state index in [2.05, 4.69) is 4.79 Å². The highest BCUT2D eigenvalue weighted by molar-refractivity contribution is 5.91. The van der Waals surface area contributed by atoms with Gasteiger partial charge in [0.25, 0.3) is 5.71 Å². The van der Waals surface area contributed by atoms with Gasteiger partial charge in [-0.05, 0) is 0 Å². The molecular formula is C11H10N2. The van der Waals surface area contributed by atoms with Crippen LogP contribution in [0.25, 0.3) is 5.53 Å². The Bertz CT molecular complexity index is 312. The molecule has 64 valence electrons. The molecule has 2 heteroatoms. The van der Waals surface area contributed by atoms with Crippen molar-refractivity contribution < 1.29 is 4.79 Å². The third-order valence-electron chi connectivity index (χ3n) is 2.29. The molecule has 2 rings (SSSR count). The maximum atomic E-state index is 8.90. The van der Waals surface area contributed by atoms with Crippen LogP contribution in [0, 0.1) is 11.8 Å². The van der Waals surface area contributed by atoms with Crippen LogP contribution in [0.15, 0.2) is 48.6 Å². The van der Waals surface area contributed by atoms with Crippen molar-refractivity contribution in [2.24, 2.45) is 11.8 Å². The zero-order valence-corrected chi connectivity index (χ0v) is 7.17. The van der Waals surface area contributed by atoms with E-state index in [0.29, 0.717) is 0 Å². The molecule has 0 spiro atoms. The summed E-state index contributed by atoms with van der Waals surface area (Å²) >= 11 is 0. The lowest BCUT2D eigenvalue weighted by molar-refractivity contribution is -0.0142. The predicted octanol–water partition coefficient (Wildman–Crippen LogP) is 2.14. The molecule has 0 aliphatic heterocycles. The van der Waals surface area contributed by atoms with Crippen molar-refractivity contribution in [1.82, 2.24) is 0 Å². The summed E-state index contributed by atoms with van der Waals surface area (Å²) in [6, 6.07) is 0. The summed E-state index contributed by atoms with van der Waals surface area (Å²) < 4.78 is 0. The first kappa shape index (κ1) is 7.96. The van der Waals surface area contributed by atoms with Crippen molar-refractivity contribution >= 4 is 5.71 Å². The quantitative estimate of drug-likeness (QED) is 0.346. The smallest absolute Gasteiger partial charge is 0.289 e. The molecule has 0 bridgehead atoms. The first-order valence-corrected chi connectivity index (χ1v) is 4.33. The maximum Gasteiger partial charge on any atom is 0.289 e. The second-order valence-electron chi connectivity index (χ2n) is 3.12. The second kappa shape index (κ2) is 3.38. The Morgan fingerprint density at radius 3 is 1.54 bits per heavy atom. The van der Waals surface area contributed by atoms with E-state index in [1.807, 2.05) is 48.6 Å². The fourth-order valence-electron chi connectivity index (χ4n) is 1.61. The van der Waals surface area contributed by atoms with E-state index in [9.17, 15) is 0 Å². The molecule has 0 unspecified atom stereocenters. The average molecular weight is 170 g/mol. The highest BCUT2D eigenvalue weighted by Gasteiger charge is 2.27. The van der Waals surface area contributed by atoms with Gasteiger partial charge in [-0.1, -0.05) is 48.6 Å². The minimum absolute atomic E-state index is 0.155. The van der Waals surface area contributed by atoms with Gasteiger partial charge in [0.05, 0.1) is 11.8 Å². The van der Waals surface area contributed by atoms with Gasteiger partial charge in [-0.2, -0.15) is 4.79 Å². The Balaban J connectivity index is 2.23. The van der Waals surface area contributed by atoms with Crippen molar-refractivity contribution in [1.29, 1.82) is 0 Å². The molecule has 0 aromatic rings. The van der Waals surface area contributed by atoms with Crippen molar-refractivity contribution in [3.63, 3.8) is 0 Å². The van der Waals surface area contributed by atoms with Crippen LogP contribution in [0.3, 0.4) is 0 Å². The molecule has 0 fully saturated rings. The van der Waals surface area contributed by atoms with Gasteiger partial charge >= 0.3 is 0 Å². The molecule has 2 nitrogen and oxygen atoms in total. The SMILES string of the molecule is [N-]=[N+]=C(C1C=CC=C1)C1C=CC=C1. The molecule has 0 aromatic carbocycles. The number of hydrogen-bond donors (Lipinski definition) is 0. The maximum absolute atomic E-state index is 8.90. The van der Waals surface area contributed by atoms with Gasteiger partial charge in [-0.25, -0.2) is 0 Å². The van der Waals surface area contributed by atoms with Crippen molar-refractivity contribution in [2.45, 2.75) is 0 Å². The minimum atomic E-state index is 0.155. The molecule has 0 N–H and O–H groups in total. The lowest BCUT2D eigenvalue weighted by atomic mass is 9.94. The summed E-state index contributed by atoms with van der Waals surface area (Å²) in [6.45, 7) is 0. The molecule has 2 aliphatic rings. The molecule has 0 aromatic heterocycles. The molecule has 0 saturated heterocycles. The standard InChI is InChI=1S/C11H10N2/c12-13-11(9-5-1-2-6-9)10-7-3-4-8-10/h1-10H. The van der Waals surface area contributed by atoms with Crippen LogP contribution in [-0.4, -0.2) is 10.5 Å². The summed E-state index contributed by atoms with van der Waals surface area (Å²) in [5.41, 5.74) is 9.69. The van der Waals surface area contributed by atoms with Crippen molar-refractivity contribution in [2.75, 3.05) is 0 Å². The normalized spacial score (nSPS) is 20.0. The predicted molar refractivity (Wildman–Crippen MR) is 52.2 cm³/mol. The number of allylic oxidation sites excluding steroid dienone is 8. The minimum Gasteiger partial charge on any atom is -0.362 e. The molecule has 0 amide bonds. The van der Waals surface area contributed by atoms with Gasteiger partial charge in [0.2, 0.25) is 0 Å². The van der Waals surface area contributed by atoms with E-state index in [0.717, 1.165) is 5.71 Å². The molecule has 13 heavy (non-hydrogen) atoms. The van der Waals surface area contributed by atoms with Gasteiger partial charge in [0.1, 0.15) is 0 Å². The molecule has 0 radical (unpaired) electrons. The Labute approximate surface area is 77.2 Å². The van der Waals surface area contributed by atoms with E-state index in [4.69, 9.17) is 5.53 Å². The monoisotopic (exact) mass is 170 g/mol. The van der Waals surface area contributed by atoms with Gasteiger partial charge in [0, 0.05) is 0 Å². The summed E-state index contributed by atoms with van der Waals surface area (Å²) in [7, 11) is 0. The molecule has 0 saturated carbocycles. The van der Waals surface area contributed by atoms with Crippen LogP contribution < -0.4 is 0 Å².